The molecule has 0 saturated heterocycles. The summed E-state index contributed by atoms with van der Waals surface area (Å²) >= 11 is 0. The number of anilines is 1. The molecule has 1 unspecified atom stereocenters. The van der Waals surface area contributed by atoms with Gasteiger partial charge in [0.2, 0.25) is 5.91 Å². The third kappa shape index (κ3) is 4.43. The molecular weight excluding hydrogens is 328 g/mol. The summed E-state index contributed by atoms with van der Waals surface area (Å²) in [4.78, 5) is 12.3. The largest absolute Gasteiger partial charge is 0.492 e. The number of hydrogen-bond acceptors (Lipinski definition) is 4. The lowest BCUT2D eigenvalue weighted by molar-refractivity contribution is -0.115. The summed E-state index contributed by atoms with van der Waals surface area (Å²) in [5, 5.41) is 10.7. The van der Waals surface area contributed by atoms with Gasteiger partial charge in [0.25, 0.3) is 0 Å². The summed E-state index contributed by atoms with van der Waals surface area (Å²) in [6.07, 6.45) is 1.90. The number of rotatable bonds is 4. The Labute approximate surface area is 154 Å². The summed E-state index contributed by atoms with van der Waals surface area (Å²) in [5.41, 5.74) is 2.13. The Balaban J connectivity index is 1.51. The molecular formula is C20H28N4O2. The minimum absolute atomic E-state index is 0.0499. The standard InChI is InChI=1S/C20H28N4O2/c1-20(2,3)17-11-18(24(4)23-17)22-19(25)12-21-15-10-9-14-7-5-6-8-16(14)26-13-15/h5-8,11,15,21H,9-10,12-13H2,1-4H3,(H,22,25). The first-order valence-electron chi connectivity index (χ1n) is 9.11. The Kier molecular flexibility index (Phi) is 5.32. The molecule has 0 spiro atoms. The number of amides is 1. The Morgan fingerprint density at radius 1 is 1.35 bits per heavy atom. The second-order valence-corrected chi connectivity index (χ2v) is 7.87. The average Bonchev–Trinajstić information content (AvgIpc) is 2.84. The minimum atomic E-state index is -0.0739. The van der Waals surface area contributed by atoms with Crippen LogP contribution in [0.15, 0.2) is 30.3 Å². The maximum Gasteiger partial charge on any atom is 0.239 e. The Morgan fingerprint density at radius 2 is 2.12 bits per heavy atom. The van der Waals surface area contributed by atoms with Crippen LogP contribution in [-0.4, -0.2) is 34.9 Å². The number of nitrogens with zero attached hydrogens (tertiary/aromatic N) is 2. The van der Waals surface area contributed by atoms with Crippen LogP contribution < -0.4 is 15.4 Å². The maximum absolute atomic E-state index is 12.3. The molecule has 1 aromatic heterocycles. The van der Waals surface area contributed by atoms with Crippen molar-refractivity contribution in [1.82, 2.24) is 15.1 Å². The SMILES string of the molecule is Cn1nc(C(C)(C)C)cc1NC(=O)CNC1CCc2ccccc2OC1. The lowest BCUT2D eigenvalue weighted by Crippen LogP contribution is -2.39. The first kappa shape index (κ1) is 18.5. The third-order valence-corrected chi connectivity index (χ3v) is 4.64. The number of nitrogens with one attached hydrogen (secondary N) is 2. The second kappa shape index (κ2) is 7.50. The molecule has 1 aliphatic rings. The van der Waals surface area contributed by atoms with Crippen LogP contribution >= 0.6 is 0 Å². The van der Waals surface area contributed by atoms with Gasteiger partial charge in [-0.1, -0.05) is 39.0 Å². The van der Waals surface area contributed by atoms with Crippen LogP contribution in [0.4, 0.5) is 5.82 Å². The van der Waals surface area contributed by atoms with E-state index in [1.807, 2.05) is 31.3 Å². The molecule has 2 aromatic rings. The van der Waals surface area contributed by atoms with E-state index in [1.165, 1.54) is 5.56 Å². The minimum Gasteiger partial charge on any atom is -0.492 e. The number of fused-ring (bicyclic) bond motifs is 1. The zero-order valence-electron chi connectivity index (χ0n) is 16.0. The van der Waals surface area contributed by atoms with Crippen molar-refractivity contribution in [3.05, 3.63) is 41.6 Å². The average molecular weight is 356 g/mol. The molecule has 1 atom stereocenters. The first-order valence-corrected chi connectivity index (χ1v) is 9.11. The molecule has 26 heavy (non-hydrogen) atoms. The van der Waals surface area contributed by atoms with Gasteiger partial charge in [-0.2, -0.15) is 5.10 Å². The first-order chi connectivity index (χ1) is 12.3. The monoisotopic (exact) mass is 356 g/mol. The van der Waals surface area contributed by atoms with Crippen LogP contribution in [0.2, 0.25) is 0 Å². The number of hydrogen-bond donors (Lipinski definition) is 2. The van der Waals surface area contributed by atoms with E-state index in [-0.39, 0.29) is 23.9 Å². The quantitative estimate of drug-likeness (QED) is 0.884. The summed E-state index contributed by atoms with van der Waals surface area (Å²) in [5.74, 6) is 1.59. The Hall–Kier alpha value is -2.34. The van der Waals surface area contributed by atoms with Gasteiger partial charge < -0.3 is 15.4 Å². The van der Waals surface area contributed by atoms with Gasteiger partial charge in [0.05, 0.1) is 12.2 Å². The van der Waals surface area contributed by atoms with E-state index in [9.17, 15) is 4.79 Å². The van der Waals surface area contributed by atoms with Crippen molar-refractivity contribution in [1.29, 1.82) is 0 Å². The third-order valence-electron chi connectivity index (χ3n) is 4.64. The van der Waals surface area contributed by atoms with Crippen molar-refractivity contribution in [3.8, 4) is 5.75 Å². The summed E-state index contributed by atoms with van der Waals surface area (Å²) in [7, 11) is 1.84. The predicted molar refractivity (Wildman–Crippen MR) is 103 cm³/mol. The van der Waals surface area contributed by atoms with Gasteiger partial charge in [-0.3, -0.25) is 9.48 Å². The highest BCUT2D eigenvalue weighted by molar-refractivity contribution is 5.91. The van der Waals surface area contributed by atoms with Gasteiger partial charge in [-0.05, 0) is 24.5 Å². The van der Waals surface area contributed by atoms with Crippen molar-refractivity contribution >= 4 is 11.7 Å². The Morgan fingerprint density at radius 3 is 2.85 bits per heavy atom. The van der Waals surface area contributed by atoms with Crippen LogP contribution in [-0.2, 0) is 23.7 Å². The highest BCUT2D eigenvalue weighted by atomic mass is 16.5. The number of para-hydroxylation sites is 1. The molecule has 0 aliphatic carbocycles. The zero-order chi connectivity index (χ0) is 18.7. The Bertz CT molecular complexity index is 749. The molecule has 0 radical (unpaired) electrons. The molecule has 2 N–H and O–H groups in total. The number of ether oxygens (including phenoxy) is 1. The van der Waals surface area contributed by atoms with Crippen LogP contribution in [0.1, 0.15) is 38.4 Å². The van der Waals surface area contributed by atoms with Crippen molar-refractivity contribution in [3.63, 3.8) is 0 Å². The molecule has 0 saturated carbocycles. The molecule has 1 amide bonds. The van der Waals surface area contributed by atoms with Gasteiger partial charge in [0, 0.05) is 24.6 Å². The van der Waals surface area contributed by atoms with Crippen molar-refractivity contribution < 1.29 is 9.53 Å². The van der Waals surface area contributed by atoms with E-state index in [1.54, 1.807) is 4.68 Å². The van der Waals surface area contributed by atoms with Crippen LogP contribution in [0.25, 0.3) is 0 Å². The molecule has 140 valence electrons. The van der Waals surface area contributed by atoms with Gasteiger partial charge in [-0.15, -0.1) is 0 Å². The number of benzene rings is 1. The molecule has 2 heterocycles. The summed E-state index contributed by atoms with van der Waals surface area (Å²) in [6.45, 7) is 7.14. The fourth-order valence-electron chi connectivity index (χ4n) is 2.99. The molecule has 0 fully saturated rings. The maximum atomic E-state index is 12.3. The van der Waals surface area contributed by atoms with Crippen LogP contribution in [0.3, 0.4) is 0 Å². The predicted octanol–water partition coefficient (Wildman–Crippen LogP) is 2.64. The fourth-order valence-corrected chi connectivity index (χ4v) is 2.99. The lowest BCUT2D eigenvalue weighted by atomic mass is 9.92. The van der Waals surface area contributed by atoms with E-state index in [2.05, 4.69) is 42.6 Å². The summed E-state index contributed by atoms with van der Waals surface area (Å²) < 4.78 is 7.58. The molecule has 0 bridgehead atoms. The van der Waals surface area contributed by atoms with Gasteiger partial charge in [0.1, 0.15) is 18.2 Å². The molecule has 6 nitrogen and oxygen atoms in total. The van der Waals surface area contributed by atoms with E-state index in [0.717, 1.165) is 24.3 Å². The van der Waals surface area contributed by atoms with Crippen molar-refractivity contribution in [2.24, 2.45) is 7.05 Å². The molecule has 1 aliphatic heterocycles. The topological polar surface area (TPSA) is 68.2 Å². The zero-order valence-corrected chi connectivity index (χ0v) is 16.0. The highest BCUT2D eigenvalue weighted by Crippen LogP contribution is 2.24. The fraction of sp³-hybridized carbons (Fsp3) is 0.500. The van der Waals surface area contributed by atoms with Crippen LogP contribution in [0, 0.1) is 0 Å². The van der Waals surface area contributed by atoms with E-state index in [0.29, 0.717) is 12.4 Å². The van der Waals surface area contributed by atoms with Gasteiger partial charge in [0.15, 0.2) is 0 Å². The van der Waals surface area contributed by atoms with E-state index >= 15 is 0 Å². The van der Waals surface area contributed by atoms with Crippen molar-refractivity contribution in [2.45, 2.75) is 45.1 Å². The van der Waals surface area contributed by atoms with E-state index < -0.39 is 0 Å². The number of aryl methyl sites for hydroxylation is 2. The van der Waals surface area contributed by atoms with Gasteiger partial charge in [-0.25, -0.2) is 0 Å². The number of carbonyl (C=O) groups is 1. The lowest BCUT2D eigenvalue weighted by Gasteiger charge is -2.16. The normalized spacial score (nSPS) is 17.2. The number of aromatic nitrogens is 2. The molecule has 1 aromatic carbocycles. The molecule has 6 heteroatoms. The van der Waals surface area contributed by atoms with E-state index in [4.69, 9.17) is 4.74 Å². The second-order valence-electron chi connectivity index (χ2n) is 7.87. The van der Waals surface area contributed by atoms with Gasteiger partial charge >= 0.3 is 0 Å². The molecule has 3 rings (SSSR count). The smallest absolute Gasteiger partial charge is 0.239 e. The summed E-state index contributed by atoms with van der Waals surface area (Å²) in [6, 6.07) is 10.2. The van der Waals surface area contributed by atoms with Crippen LogP contribution in [0.5, 0.6) is 5.75 Å². The van der Waals surface area contributed by atoms with Crippen molar-refractivity contribution in [2.75, 3.05) is 18.5 Å². The highest BCUT2D eigenvalue weighted by Gasteiger charge is 2.20. The number of carbonyl (C=O) groups excluding carboxylic acids is 1.